The molecule has 1 aliphatic heterocycles. The lowest BCUT2D eigenvalue weighted by atomic mass is 10.1. The first-order valence-corrected chi connectivity index (χ1v) is 11.5. The van der Waals surface area contributed by atoms with Crippen LogP contribution < -0.4 is 4.72 Å². The molecule has 6 nitrogen and oxygen atoms in total. The van der Waals surface area contributed by atoms with Gasteiger partial charge in [0, 0.05) is 41.9 Å². The van der Waals surface area contributed by atoms with Gasteiger partial charge in [-0.15, -0.1) is 0 Å². The number of amides is 1. The molecule has 1 heterocycles. The third kappa shape index (κ3) is 5.42. The second-order valence-electron chi connectivity index (χ2n) is 6.83. The van der Waals surface area contributed by atoms with E-state index in [1.807, 2.05) is 6.92 Å². The van der Waals surface area contributed by atoms with Crippen molar-refractivity contribution in [3.05, 3.63) is 58.1 Å². The van der Waals surface area contributed by atoms with Crippen LogP contribution in [0.2, 0.25) is 10.0 Å². The highest BCUT2D eigenvalue weighted by Crippen LogP contribution is 2.27. The number of hydrogen-bond acceptors (Lipinski definition) is 4. The van der Waals surface area contributed by atoms with Crippen LogP contribution in [0.3, 0.4) is 0 Å². The molecule has 0 spiro atoms. The standard InChI is InChI=1S/C20H22Cl2N2O4S/c1-2-24(12-14-9-10-28-13-14)20(25)15-3-6-17(7-4-15)23-29(26,27)19-11-16(21)5-8-18(19)22/h3-8,11,14,23H,2,9-10,12-13H2,1H3. The van der Waals surface area contributed by atoms with E-state index in [2.05, 4.69) is 4.72 Å². The number of nitrogens with one attached hydrogen (secondary N) is 1. The second-order valence-corrected chi connectivity index (χ2v) is 9.33. The number of hydrogen-bond donors (Lipinski definition) is 1. The van der Waals surface area contributed by atoms with Gasteiger partial charge in [-0.2, -0.15) is 0 Å². The molecule has 1 amide bonds. The van der Waals surface area contributed by atoms with E-state index >= 15 is 0 Å². The molecule has 3 rings (SSSR count). The molecule has 29 heavy (non-hydrogen) atoms. The number of ether oxygens (including phenoxy) is 1. The van der Waals surface area contributed by atoms with Crippen LogP contribution in [0.25, 0.3) is 0 Å². The summed E-state index contributed by atoms with van der Waals surface area (Å²) in [6.45, 7) is 4.59. The SMILES string of the molecule is CCN(CC1CCOC1)C(=O)c1ccc(NS(=O)(=O)c2cc(Cl)ccc2Cl)cc1. The molecule has 1 fully saturated rings. The van der Waals surface area contributed by atoms with Crippen LogP contribution in [-0.2, 0) is 14.8 Å². The first-order valence-electron chi connectivity index (χ1n) is 9.25. The van der Waals surface area contributed by atoms with Gasteiger partial charge in [0.15, 0.2) is 0 Å². The fourth-order valence-electron chi connectivity index (χ4n) is 3.15. The molecule has 0 radical (unpaired) electrons. The van der Waals surface area contributed by atoms with Gasteiger partial charge in [0.25, 0.3) is 15.9 Å². The normalized spacial score (nSPS) is 16.6. The van der Waals surface area contributed by atoms with Gasteiger partial charge in [0.1, 0.15) is 4.90 Å². The zero-order chi connectivity index (χ0) is 21.0. The third-order valence-corrected chi connectivity index (χ3v) is 6.84. The van der Waals surface area contributed by atoms with Crippen molar-refractivity contribution in [1.29, 1.82) is 0 Å². The van der Waals surface area contributed by atoms with E-state index in [-0.39, 0.29) is 20.8 Å². The van der Waals surface area contributed by atoms with Gasteiger partial charge in [0.05, 0.1) is 11.6 Å². The number of sulfonamides is 1. The second kappa shape index (κ2) is 9.34. The van der Waals surface area contributed by atoms with Crippen LogP contribution in [-0.4, -0.2) is 45.5 Å². The predicted octanol–water partition coefficient (Wildman–Crippen LogP) is 4.29. The highest BCUT2D eigenvalue weighted by atomic mass is 35.5. The molecule has 0 bridgehead atoms. The average Bonchev–Trinajstić information content (AvgIpc) is 3.21. The van der Waals surface area contributed by atoms with Gasteiger partial charge in [-0.05, 0) is 55.8 Å². The number of benzene rings is 2. The quantitative estimate of drug-likeness (QED) is 0.673. The summed E-state index contributed by atoms with van der Waals surface area (Å²) in [7, 11) is -3.91. The van der Waals surface area contributed by atoms with Crippen molar-refractivity contribution in [2.24, 2.45) is 5.92 Å². The maximum Gasteiger partial charge on any atom is 0.263 e. The summed E-state index contributed by atoms with van der Waals surface area (Å²) in [5, 5.41) is 0.339. The van der Waals surface area contributed by atoms with Crippen LogP contribution >= 0.6 is 23.2 Å². The topological polar surface area (TPSA) is 75.7 Å². The summed E-state index contributed by atoms with van der Waals surface area (Å²) in [6, 6.07) is 10.5. The number of halogens is 2. The first kappa shape index (κ1) is 21.9. The lowest BCUT2D eigenvalue weighted by Gasteiger charge is -2.24. The van der Waals surface area contributed by atoms with E-state index in [1.54, 1.807) is 29.2 Å². The molecule has 1 atom stereocenters. The molecule has 1 unspecified atom stereocenters. The number of rotatable bonds is 7. The average molecular weight is 457 g/mol. The van der Waals surface area contributed by atoms with Crippen molar-refractivity contribution in [3.8, 4) is 0 Å². The van der Waals surface area contributed by atoms with Crippen LogP contribution in [0.15, 0.2) is 47.4 Å². The number of nitrogens with zero attached hydrogens (tertiary/aromatic N) is 1. The number of carbonyl (C=O) groups excluding carboxylic acids is 1. The van der Waals surface area contributed by atoms with Gasteiger partial charge >= 0.3 is 0 Å². The summed E-state index contributed by atoms with van der Waals surface area (Å²) in [6.07, 6.45) is 0.955. The fourth-order valence-corrected chi connectivity index (χ4v) is 4.97. The molecular weight excluding hydrogens is 435 g/mol. The molecule has 2 aromatic rings. The van der Waals surface area contributed by atoms with E-state index in [4.69, 9.17) is 27.9 Å². The van der Waals surface area contributed by atoms with Gasteiger partial charge in [-0.1, -0.05) is 23.2 Å². The first-order chi connectivity index (χ1) is 13.8. The lowest BCUT2D eigenvalue weighted by Crippen LogP contribution is -2.35. The van der Waals surface area contributed by atoms with Crippen molar-refractivity contribution in [1.82, 2.24) is 4.90 Å². The summed E-state index contributed by atoms with van der Waals surface area (Å²) < 4.78 is 33.0. The Morgan fingerprint density at radius 2 is 1.93 bits per heavy atom. The Kier molecular flexibility index (Phi) is 7.05. The van der Waals surface area contributed by atoms with E-state index < -0.39 is 10.0 Å². The summed E-state index contributed by atoms with van der Waals surface area (Å²) in [5.74, 6) is 0.263. The predicted molar refractivity (Wildman–Crippen MR) is 114 cm³/mol. The van der Waals surface area contributed by atoms with Crippen molar-refractivity contribution in [2.45, 2.75) is 18.2 Å². The Bertz CT molecular complexity index is 974. The summed E-state index contributed by atoms with van der Waals surface area (Å²) in [5.41, 5.74) is 0.819. The Morgan fingerprint density at radius 1 is 1.21 bits per heavy atom. The highest BCUT2D eigenvalue weighted by Gasteiger charge is 2.23. The maximum atomic E-state index is 12.8. The van der Waals surface area contributed by atoms with E-state index in [0.717, 1.165) is 13.0 Å². The fraction of sp³-hybridized carbons (Fsp3) is 0.350. The Balaban J connectivity index is 1.72. The Hall–Kier alpha value is -1.80. The summed E-state index contributed by atoms with van der Waals surface area (Å²) in [4.78, 5) is 14.5. The minimum atomic E-state index is -3.91. The molecule has 1 aliphatic rings. The Labute approximate surface area is 180 Å². The van der Waals surface area contributed by atoms with Crippen LogP contribution in [0.5, 0.6) is 0 Å². The minimum Gasteiger partial charge on any atom is -0.381 e. The van der Waals surface area contributed by atoms with Gasteiger partial charge in [-0.3, -0.25) is 9.52 Å². The van der Waals surface area contributed by atoms with E-state index in [9.17, 15) is 13.2 Å². The van der Waals surface area contributed by atoms with Crippen LogP contribution in [0.4, 0.5) is 5.69 Å². The minimum absolute atomic E-state index is 0.0724. The van der Waals surface area contributed by atoms with Crippen molar-refractivity contribution in [2.75, 3.05) is 31.0 Å². The molecule has 0 aromatic heterocycles. The summed E-state index contributed by atoms with van der Waals surface area (Å²) >= 11 is 11.9. The molecule has 9 heteroatoms. The van der Waals surface area contributed by atoms with Crippen molar-refractivity contribution >= 4 is 44.8 Å². The smallest absolute Gasteiger partial charge is 0.263 e. The third-order valence-electron chi connectivity index (χ3n) is 4.74. The molecule has 2 aromatic carbocycles. The molecule has 1 saturated heterocycles. The van der Waals surface area contributed by atoms with E-state index in [0.29, 0.717) is 36.9 Å². The maximum absolute atomic E-state index is 12.8. The van der Waals surface area contributed by atoms with Crippen LogP contribution in [0.1, 0.15) is 23.7 Å². The van der Waals surface area contributed by atoms with Gasteiger partial charge < -0.3 is 9.64 Å². The van der Waals surface area contributed by atoms with Crippen molar-refractivity contribution < 1.29 is 17.9 Å². The monoisotopic (exact) mass is 456 g/mol. The highest BCUT2D eigenvalue weighted by molar-refractivity contribution is 7.92. The molecule has 1 N–H and O–H groups in total. The van der Waals surface area contributed by atoms with Crippen LogP contribution in [0, 0.1) is 5.92 Å². The lowest BCUT2D eigenvalue weighted by molar-refractivity contribution is 0.0731. The molecular formula is C20H22Cl2N2O4S. The molecule has 0 saturated carbocycles. The number of carbonyl (C=O) groups is 1. The number of anilines is 1. The van der Waals surface area contributed by atoms with Gasteiger partial charge in [-0.25, -0.2) is 8.42 Å². The molecule has 0 aliphatic carbocycles. The van der Waals surface area contributed by atoms with E-state index in [1.165, 1.54) is 18.2 Å². The molecule has 156 valence electrons. The van der Waals surface area contributed by atoms with Crippen molar-refractivity contribution in [3.63, 3.8) is 0 Å². The Morgan fingerprint density at radius 3 is 2.55 bits per heavy atom. The largest absolute Gasteiger partial charge is 0.381 e. The van der Waals surface area contributed by atoms with Gasteiger partial charge in [0.2, 0.25) is 0 Å². The zero-order valence-corrected chi connectivity index (χ0v) is 18.2. The zero-order valence-electron chi connectivity index (χ0n) is 15.9.